The Morgan fingerprint density at radius 3 is 2.13 bits per heavy atom. The van der Waals surface area contributed by atoms with Crippen molar-refractivity contribution < 1.29 is 4.42 Å². The summed E-state index contributed by atoms with van der Waals surface area (Å²) in [7, 11) is 0. The molecule has 7 aromatic carbocycles. The lowest BCUT2D eigenvalue weighted by molar-refractivity contribution is 0.673. The van der Waals surface area contributed by atoms with Crippen LogP contribution in [0.4, 0.5) is 0 Å². The van der Waals surface area contributed by atoms with Gasteiger partial charge in [-0.1, -0.05) is 91.0 Å². The minimum atomic E-state index is 0.927. The Bertz CT molecular complexity index is 3040. The fraction of sp³-hybridized carbons (Fsp3) is 0. The van der Waals surface area contributed by atoms with Crippen molar-refractivity contribution in [1.82, 2.24) is 4.57 Å². The van der Waals surface area contributed by atoms with Gasteiger partial charge in [-0.05, 0) is 54.1 Å². The van der Waals surface area contributed by atoms with E-state index in [1.54, 1.807) is 0 Å². The van der Waals surface area contributed by atoms with Crippen LogP contribution in [0.2, 0.25) is 0 Å². The van der Waals surface area contributed by atoms with E-state index in [9.17, 15) is 0 Å². The molecular weight excluding hydrogens is 599 g/mol. The number of hydrogen-bond donors (Lipinski definition) is 0. The first-order valence-electron chi connectivity index (χ1n) is 15.5. The van der Waals surface area contributed by atoms with E-state index in [2.05, 4.69) is 138 Å². The van der Waals surface area contributed by atoms with Crippen LogP contribution < -0.4 is 0 Å². The van der Waals surface area contributed by atoms with Crippen molar-refractivity contribution in [3.63, 3.8) is 0 Å². The SMILES string of the molecule is c1ccc2c(c1)oc1c2ccc2c1c1ccccc1n2-c1ccc2c(c1)sc1cccc(-c3cccc4c3sc3ccccc34)c12. The lowest BCUT2D eigenvalue weighted by atomic mass is 9.98. The standard InChI is InChI=1S/C42H23NOS2/c1-4-15-33-31(11-1)40-34(22-21-28-25-9-2-5-16-35(25)44-41(28)40)43(33)24-19-20-32-38(23-24)45-37-18-8-12-27(39(32)37)30-14-7-13-29-26-10-3-6-17-36(26)46-42(29)30/h1-23H. The highest BCUT2D eigenvalue weighted by atomic mass is 32.1. The molecule has 0 saturated heterocycles. The molecule has 0 atom stereocenters. The van der Waals surface area contributed by atoms with Crippen LogP contribution in [0.5, 0.6) is 0 Å². The van der Waals surface area contributed by atoms with E-state index >= 15 is 0 Å². The normalized spacial score (nSPS) is 12.3. The molecule has 0 amide bonds. The summed E-state index contributed by atoms with van der Waals surface area (Å²) in [6.45, 7) is 0. The minimum Gasteiger partial charge on any atom is -0.455 e. The van der Waals surface area contributed by atoms with Gasteiger partial charge in [0.25, 0.3) is 0 Å². The van der Waals surface area contributed by atoms with Gasteiger partial charge in [-0.3, -0.25) is 0 Å². The third kappa shape index (κ3) is 3.24. The van der Waals surface area contributed by atoms with Crippen molar-refractivity contribution in [1.29, 1.82) is 0 Å². The van der Waals surface area contributed by atoms with Gasteiger partial charge in [-0.2, -0.15) is 0 Å². The van der Waals surface area contributed by atoms with Crippen LogP contribution >= 0.6 is 22.7 Å². The van der Waals surface area contributed by atoms with E-state index in [0.717, 1.165) is 33.1 Å². The third-order valence-electron chi connectivity index (χ3n) is 9.61. The second kappa shape index (κ2) is 9.07. The zero-order valence-electron chi connectivity index (χ0n) is 24.5. The predicted octanol–water partition coefficient (Wildman–Crippen LogP) is 13.1. The fourth-order valence-corrected chi connectivity index (χ4v) is 10.0. The summed E-state index contributed by atoms with van der Waals surface area (Å²) in [5.74, 6) is 0. The Balaban J connectivity index is 1.17. The molecule has 0 aliphatic rings. The molecule has 0 fully saturated rings. The summed E-state index contributed by atoms with van der Waals surface area (Å²) < 4.78 is 14.2. The molecule has 4 heteroatoms. The third-order valence-corrected chi connectivity index (χ3v) is 12.0. The van der Waals surface area contributed by atoms with Gasteiger partial charge < -0.3 is 8.98 Å². The van der Waals surface area contributed by atoms with Gasteiger partial charge in [0.1, 0.15) is 11.2 Å². The van der Waals surface area contributed by atoms with Crippen LogP contribution in [0.1, 0.15) is 0 Å². The van der Waals surface area contributed by atoms with Crippen molar-refractivity contribution in [2.24, 2.45) is 0 Å². The molecule has 11 aromatic rings. The summed E-state index contributed by atoms with van der Waals surface area (Å²) in [6.07, 6.45) is 0. The topological polar surface area (TPSA) is 18.1 Å². The highest BCUT2D eigenvalue weighted by Gasteiger charge is 2.20. The number of nitrogens with zero attached hydrogens (tertiary/aromatic N) is 1. The number of furan rings is 1. The maximum atomic E-state index is 6.53. The molecule has 11 rings (SSSR count). The van der Waals surface area contributed by atoms with Crippen molar-refractivity contribution >= 4 is 107 Å². The molecule has 4 aromatic heterocycles. The van der Waals surface area contributed by atoms with E-state index in [1.165, 1.54) is 67.8 Å². The van der Waals surface area contributed by atoms with Gasteiger partial charge >= 0.3 is 0 Å². The highest BCUT2D eigenvalue weighted by Crippen LogP contribution is 2.46. The number of rotatable bonds is 2. The van der Waals surface area contributed by atoms with Gasteiger partial charge in [0, 0.05) is 67.8 Å². The Morgan fingerprint density at radius 1 is 0.435 bits per heavy atom. The van der Waals surface area contributed by atoms with Crippen molar-refractivity contribution in [3.05, 3.63) is 140 Å². The molecule has 214 valence electrons. The zero-order valence-corrected chi connectivity index (χ0v) is 26.1. The second-order valence-corrected chi connectivity index (χ2v) is 14.2. The number of para-hydroxylation sites is 2. The molecule has 0 N–H and O–H groups in total. The smallest absolute Gasteiger partial charge is 0.145 e. The Labute approximate surface area is 270 Å². The molecule has 0 spiro atoms. The maximum absolute atomic E-state index is 6.53. The van der Waals surface area contributed by atoms with Crippen molar-refractivity contribution in [3.8, 4) is 16.8 Å². The molecule has 2 nitrogen and oxygen atoms in total. The minimum absolute atomic E-state index is 0.927. The number of aromatic nitrogens is 1. The van der Waals surface area contributed by atoms with Crippen LogP contribution in [0.25, 0.3) is 101 Å². The molecular formula is C42H23NOS2. The van der Waals surface area contributed by atoms with Crippen molar-refractivity contribution in [2.45, 2.75) is 0 Å². The lowest BCUT2D eigenvalue weighted by Gasteiger charge is -2.09. The Hall–Kier alpha value is -5.42. The van der Waals surface area contributed by atoms with E-state index in [-0.39, 0.29) is 0 Å². The van der Waals surface area contributed by atoms with Crippen LogP contribution in [0.15, 0.2) is 144 Å². The van der Waals surface area contributed by atoms with Gasteiger partial charge in [0.2, 0.25) is 0 Å². The number of fused-ring (bicyclic) bond motifs is 13. The lowest BCUT2D eigenvalue weighted by Crippen LogP contribution is -1.93. The largest absolute Gasteiger partial charge is 0.455 e. The van der Waals surface area contributed by atoms with E-state index in [4.69, 9.17) is 4.42 Å². The van der Waals surface area contributed by atoms with E-state index in [1.807, 2.05) is 28.7 Å². The van der Waals surface area contributed by atoms with Crippen LogP contribution in [-0.4, -0.2) is 4.57 Å². The second-order valence-electron chi connectivity index (χ2n) is 12.0. The molecule has 0 aliphatic heterocycles. The first kappa shape index (κ1) is 24.8. The van der Waals surface area contributed by atoms with Gasteiger partial charge in [-0.25, -0.2) is 0 Å². The van der Waals surface area contributed by atoms with Crippen molar-refractivity contribution in [2.75, 3.05) is 0 Å². The van der Waals surface area contributed by atoms with Gasteiger partial charge in [0.05, 0.1) is 16.4 Å². The molecule has 0 radical (unpaired) electrons. The number of hydrogen-bond acceptors (Lipinski definition) is 3. The Morgan fingerprint density at radius 2 is 1.17 bits per heavy atom. The highest BCUT2D eigenvalue weighted by molar-refractivity contribution is 7.26. The average molecular weight is 622 g/mol. The summed E-state index contributed by atoms with van der Waals surface area (Å²) in [6, 6.07) is 50.8. The predicted molar refractivity (Wildman–Crippen MR) is 199 cm³/mol. The first-order valence-corrected chi connectivity index (χ1v) is 17.1. The zero-order chi connectivity index (χ0) is 29.9. The van der Waals surface area contributed by atoms with Crippen LogP contribution in [0, 0.1) is 0 Å². The Kier molecular flexibility index (Phi) is 4.90. The first-order chi connectivity index (χ1) is 22.8. The molecule has 4 heterocycles. The molecule has 0 unspecified atom stereocenters. The average Bonchev–Trinajstić information content (AvgIpc) is 3.86. The quantitative estimate of drug-likeness (QED) is 0.188. The number of thiophene rings is 2. The van der Waals surface area contributed by atoms with E-state index in [0.29, 0.717) is 0 Å². The van der Waals surface area contributed by atoms with Crippen LogP contribution in [-0.2, 0) is 0 Å². The molecule has 46 heavy (non-hydrogen) atoms. The summed E-state index contributed by atoms with van der Waals surface area (Å²) in [5, 5.41) is 10.0. The maximum Gasteiger partial charge on any atom is 0.145 e. The number of benzene rings is 7. The summed E-state index contributed by atoms with van der Waals surface area (Å²) in [4.78, 5) is 0. The van der Waals surface area contributed by atoms with Gasteiger partial charge in [-0.15, -0.1) is 22.7 Å². The molecule has 0 aliphatic carbocycles. The van der Waals surface area contributed by atoms with Crippen LogP contribution in [0.3, 0.4) is 0 Å². The molecule has 0 bridgehead atoms. The van der Waals surface area contributed by atoms with Gasteiger partial charge in [0.15, 0.2) is 0 Å². The fourth-order valence-electron chi connectivity index (χ4n) is 7.65. The summed E-state index contributed by atoms with van der Waals surface area (Å²) in [5.41, 5.74) is 8.00. The van der Waals surface area contributed by atoms with E-state index < -0.39 is 0 Å². The summed E-state index contributed by atoms with van der Waals surface area (Å²) >= 11 is 3.78. The molecule has 0 saturated carbocycles. The monoisotopic (exact) mass is 621 g/mol.